The molecule has 2 nitrogen and oxygen atoms in total. The van der Waals surface area contributed by atoms with Crippen LogP contribution in [-0.4, -0.2) is 29.6 Å². The highest BCUT2D eigenvalue weighted by atomic mass is 127. The molecule has 0 saturated heterocycles. The smallest absolute Gasteiger partial charge is 0.327 e. The molecule has 0 aliphatic carbocycles. The molecule has 0 bridgehead atoms. The highest BCUT2D eigenvalue weighted by molar-refractivity contribution is 14.1. The van der Waals surface area contributed by atoms with E-state index >= 15 is 0 Å². The van der Waals surface area contributed by atoms with Crippen LogP contribution in [0.5, 0.6) is 0 Å². The number of rotatable bonds is 5. The quantitative estimate of drug-likeness (QED) is 0.669. The predicted molar refractivity (Wildman–Crippen MR) is 80.6 cm³/mol. The lowest BCUT2D eigenvalue weighted by Crippen LogP contribution is -2.45. The molecule has 1 aromatic rings. The average molecular weight is 399 g/mol. The summed E-state index contributed by atoms with van der Waals surface area (Å²) in [5.74, 6) is -0.561. The van der Waals surface area contributed by atoms with Gasteiger partial charge in [0.05, 0.1) is 0 Å². The first-order valence-electron chi connectivity index (χ1n) is 6.41. The van der Waals surface area contributed by atoms with E-state index in [2.05, 4.69) is 0 Å². The zero-order chi connectivity index (χ0) is 15.3. The van der Waals surface area contributed by atoms with Gasteiger partial charge in [0.25, 0.3) is 5.91 Å². The molecule has 0 aliphatic rings. The van der Waals surface area contributed by atoms with Gasteiger partial charge in [-0.25, -0.2) is 0 Å². The summed E-state index contributed by atoms with van der Waals surface area (Å²) in [4.78, 5) is 13.3. The van der Waals surface area contributed by atoms with Gasteiger partial charge >= 0.3 is 6.18 Å². The fraction of sp³-hybridized carbons (Fsp3) is 0.500. The molecule has 0 unspecified atom stereocenters. The molecule has 0 aromatic heterocycles. The SMILES string of the molecule is CCC(CC)N(CC(F)(F)F)C(=O)c1cccc(I)c1. The van der Waals surface area contributed by atoms with Crippen LogP contribution in [0.2, 0.25) is 0 Å². The summed E-state index contributed by atoms with van der Waals surface area (Å²) in [6, 6.07) is 6.23. The van der Waals surface area contributed by atoms with Gasteiger partial charge in [-0.2, -0.15) is 13.2 Å². The molecule has 112 valence electrons. The first kappa shape index (κ1) is 17.3. The number of amides is 1. The molecule has 0 fully saturated rings. The van der Waals surface area contributed by atoms with Crippen molar-refractivity contribution in [1.82, 2.24) is 4.90 Å². The standard InChI is InChI=1S/C14H17F3INO/c1-3-12(4-2)19(9-14(15,16)17)13(20)10-6-5-7-11(18)8-10/h5-8,12H,3-4,9H2,1-2H3. The number of hydrogen-bond donors (Lipinski definition) is 0. The maximum absolute atomic E-state index is 12.7. The predicted octanol–water partition coefficient (Wildman–Crippen LogP) is 4.48. The highest BCUT2D eigenvalue weighted by Gasteiger charge is 2.35. The average Bonchev–Trinajstić information content (AvgIpc) is 2.36. The van der Waals surface area contributed by atoms with Crippen LogP contribution in [0, 0.1) is 3.57 Å². The lowest BCUT2D eigenvalue weighted by molar-refractivity contribution is -0.144. The van der Waals surface area contributed by atoms with Crippen molar-refractivity contribution in [2.45, 2.75) is 38.9 Å². The van der Waals surface area contributed by atoms with Gasteiger partial charge in [-0.3, -0.25) is 4.79 Å². The molecule has 0 atom stereocenters. The molecule has 1 amide bonds. The molecule has 0 N–H and O–H groups in total. The van der Waals surface area contributed by atoms with Crippen molar-refractivity contribution in [3.8, 4) is 0 Å². The van der Waals surface area contributed by atoms with E-state index in [1.165, 1.54) is 0 Å². The zero-order valence-electron chi connectivity index (χ0n) is 11.4. The van der Waals surface area contributed by atoms with Gasteiger partial charge < -0.3 is 4.90 Å². The van der Waals surface area contributed by atoms with Crippen molar-refractivity contribution in [2.24, 2.45) is 0 Å². The summed E-state index contributed by atoms with van der Waals surface area (Å²) in [7, 11) is 0. The van der Waals surface area contributed by atoms with E-state index in [0.29, 0.717) is 18.4 Å². The molecule has 0 aliphatic heterocycles. The molecule has 0 radical (unpaired) electrons. The second-order valence-electron chi connectivity index (χ2n) is 4.53. The van der Waals surface area contributed by atoms with Gasteiger partial charge in [0.1, 0.15) is 6.54 Å². The van der Waals surface area contributed by atoms with Crippen LogP contribution >= 0.6 is 22.6 Å². The van der Waals surface area contributed by atoms with Crippen molar-refractivity contribution < 1.29 is 18.0 Å². The fourth-order valence-corrected chi connectivity index (χ4v) is 2.62. The normalized spacial score (nSPS) is 11.8. The molecular weight excluding hydrogens is 382 g/mol. The largest absolute Gasteiger partial charge is 0.406 e. The second-order valence-corrected chi connectivity index (χ2v) is 5.77. The molecule has 0 saturated carbocycles. The van der Waals surface area contributed by atoms with Gasteiger partial charge in [0, 0.05) is 15.2 Å². The van der Waals surface area contributed by atoms with Crippen molar-refractivity contribution in [2.75, 3.05) is 6.54 Å². The summed E-state index contributed by atoms with van der Waals surface area (Å²) in [5, 5.41) is 0. The zero-order valence-corrected chi connectivity index (χ0v) is 13.5. The van der Waals surface area contributed by atoms with Gasteiger partial charge in [0.2, 0.25) is 0 Å². The van der Waals surface area contributed by atoms with Crippen LogP contribution in [0.15, 0.2) is 24.3 Å². The minimum atomic E-state index is -4.39. The maximum Gasteiger partial charge on any atom is 0.406 e. The van der Waals surface area contributed by atoms with E-state index < -0.39 is 24.7 Å². The highest BCUT2D eigenvalue weighted by Crippen LogP contribution is 2.22. The van der Waals surface area contributed by atoms with Crippen molar-refractivity contribution >= 4 is 28.5 Å². The van der Waals surface area contributed by atoms with Crippen LogP contribution in [0.3, 0.4) is 0 Å². The first-order valence-corrected chi connectivity index (χ1v) is 7.49. The summed E-state index contributed by atoms with van der Waals surface area (Å²) in [6.07, 6.45) is -3.38. The molecule has 6 heteroatoms. The summed E-state index contributed by atoms with van der Waals surface area (Å²) in [6.45, 7) is 2.38. The molecule has 20 heavy (non-hydrogen) atoms. The van der Waals surface area contributed by atoms with Crippen molar-refractivity contribution in [3.63, 3.8) is 0 Å². The third-order valence-corrected chi connectivity index (χ3v) is 3.74. The lowest BCUT2D eigenvalue weighted by atomic mass is 10.1. The molecule has 0 heterocycles. The Labute approximate surface area is 130 Å². The van der Waals surface area contributed by atoms with Crippen LogP contribution in [0.25, 0.3) is 0 Å². The first-order chi connectivity index (χ1) is 9.28. The van der Waals surface area contributed by atoms with Gasteiger partial charge in [-0.05, 0) is 53.6 Å². The molecule has 1 rings (SSSR count). The van der Waals surface area contributed by atoms with Crippen LogP contribution in [-0.2, 0) is 0 Å². The van der Waals surface area contributed by atoms with Crippen LogP contribution < -0.4 is 0 Å². The maximum atomic E-state index is 12.7. The monoisotopic (exact) mass is 399 g/mol. The number of halogens is 4. The summed E-state index contributed by atoms with van der Waals surface area (Å²) >= 11 is 2.03. The molecular formula is C14H17F3INO. The Morgan fingerprint density at radius 3 is 2.35 bits per heavy atom. The Hall–Kier alpha value is -0.790. The third kappa shape index (κ3) is 4.96. The number of carbonyl (C=O) groups is 1. The number of benzene rings is 1. The molecule has 1 aromatic carbocycles. The van der Waals surface area contributed by atoms with Crippen molar-refractivity contribution in [1.29, 1.82) is 0 Å². The van der Waals surface area contributed by atoms with Crippen LogP contribution in [0.4, 0.5) is 13.2 Å². The van der Waals surface area contributed by atoms with Crippen LogP contribution in [0.1, 0.15) is 37.0 Å². The van der Waals surface area contributed by atoms with Gasteiger partial charge in [-0.15, -0.1) is 0 Å². The Morgan fingerprint density at radius 1 is 1.30 bits per heavy atom. The van der Waals surface area contributed by atoms with Gasteiger partial charge in [0.15, 0.2) is 0 Å². The Kier molecular flexibility index (Phi) is 6.29. The number of hydrogen-bond acceptors (Lipinski definition) is 1. The van der Waals surface area contributed by atoms with E-state index in [4.69, 9.17) is 0 Å². The Balaban J connectivity index is 3.06. The second kappa shape index (κ2) is 7.28. The Morgan fingerprint density at radius 2 is 1.90 bits per heavy atom. The number of nitrogens with zero attached hydrogens (tertiary/aromatic N) is 1. The third-order valence-electron chi connectivity index (χ3n) is 3.07. The Bertz CT molecular complexity index is 458. The lowest BCUT2D eigenvalue weighted by Gasteiger charge is -2.31. The summed E-state index contributed by atoms with van der Waals surface area (Å²) < 4.78 is 38.9. The van der Waals surface area contributed by atoms with E-state index in [9.17, 15) is 18.0 Å². The van der Waals surface area contributed by atoms with Crippen molar-refractivity contribution in [3.05, 3.63) is 33.4 Å². The number of alkyl halides is 3. The summed E-state index contributed by atoms with van der Waals surface area (Å²) in [5.41, 5.74) is 0.299. The number of carbonyl (C=O) groups excluding carboxylic acids is 1. The minimum Gasteiger partial charge on any atom is -0.327 e. The minimum absolute atomic E-state index is 0.299. The van der Waals surface area contributed by atoms with Gasteiger partial charge in [-0.1, -0.05) is 19.9 Å². The van der Waals surface area contributed by atoms with E-state index in [-0.39, 0.29) is 0 Å². The topological polar surface area (TPSA) is 20.3 Å². The fourth-order valence-electron chi connectivity index (χ4n) is 2.08. The van der Waals surface area contributed by atoms with E-state index in [1.54, 1.807) is 38.1 Å². The van der Waals surface area contributed by atoms with E-state index in [1.807, 2.05) is 22.6 Å². The van der Waals surface area contributed by atoms with E-state index in [0.717, 1.165) is 8.47 Å². The molecule has 0 spiro atoms.